The molecule has 0 amide bonds. The Labute approximate surface area is 119 Å². The van der Waals surface area contributed by atoms with Gasteiger partial charge in [0, 0.05) is 18.7 Å². The summed E-state index contributed by atoms with van der Waals surface area (Å²) in [7, 11) is 0. The van der Waals surface area contributed by atoms with Crippen molar-refractivity contribution in [1.29, 1.82) is 0 Å². The maximum Gasteiger partial charge on any atom is 0.291 e. The number of halogens is 1. The van der Waals surface area contributed by atoms with Crippen LogP contribution in [0.3, 0.4) is 0 Å². The Kier molecular flexibility index (Phi) is 4.71. The van der Waals surface area contributed by atoms with Gasteiger partial charge < -0.3 is 10.1 Å². The molecule has 1 fully saturated rings. The molecule has 0 spiro atoms. The van der Waals surface area contributed by atoms with Crippen LogP contribution in [0.1, 0.15) is 24.8 Å². The molecule has 0 aliphatic carbocycles. The van der Waals surface area contributed by atoms with Crippen molar-refractivity contribution in [2.24, 2.45) is 0 Å². The van der Waals surface area contributed by atoms with Crippen molar-refractivity contribution in [2.45, 2.75) is 32.3 Å². The van der Waals surface area contributed by atoms with Gasteiger partial charge in [0.15, 0.2) is 0 Å². The van der Waals surface area contributed by atoms with Gasteiger partial charge in [-0.05, 0) is 42.1 Å². The third-order valence-electron chi connectivity index (χ3n) is 3.21. The van der Waals surface area contributed by atoms with Gasteiger partial charge in [0.2, 0.25) is 0 Å². The second-order valence-electron chi connectivity index (χ2n) is 4.56. The topological polar surface area (TPSA) is 77.3 Å². The minimum atomic E-state index is -0.429. The van der Waals surface area contributed by atoms with Crippen LogP contribution in [0.15, 0.2) is 10.7 Å². The van der Waals surface area contributed by atoms with E-state index in [9.17, 15) is 10.1 Å². The third-order valence-corrected chi connectivity index (χ3v) is 4.18. The van der Waals surface area contributed by atoms with E-state index in [2.05, 4.69) is 26.2 Å². The minimum absolute atomic E-state index is 0.0198. The number of ether oxygens (including phenoxy) is 1. The number of aromatic nitrogens is 1. The molecule has 0 radical (unpaired) electrons. The minimum Gasteiger partial charge on any atom is -0.376 e. The SMILES string of the molecule is Cc1c([N+](=O)[O-])cnc(NCC2CCCCO2)c1Br. The molecule has 1 N–H and O–H groups in total. The lowest BCUT2D eigenvalue weighted by molar-refractivity contribution is -0.385. The molecule has 1 aromatic rings. The molecule has 2 heterocycles. The average molecular weight is 330 g/mol. The van der Waals surface area contributed by atoms with Crippen LogP contribution < -0.4 is 5.32 Å². The first-order valence-corrected chi connectivity index (χ1v) is 7.04. The van der Waals surface area contributed by atoms with Crippen LogP contribution in [0.4, 0.5) is 11.5 Å². The van der Waals surface area contributed by atoms with Gasteiger partial charge in [-0.15, -0.1) is 0 Å². The Morgan fingerprint density at radius 3 is 3.05 bits per heavy atom. The highest BCUT2D eigenvalue weighted by Crippen LogP contribution is 2.30. The predicted molar refractivity (Wildman–Crippen MR) is 75.4 cm³/mol. The van der Waals surface area contributed by atoms with E-state index >= 15 is 0 Å². The van der Waals surface area contributed by atoms with Crippen LogP contribution in [0.2, 0.25) is 0 Å². The van der Waals surface area contributed by atoms with E-state index in [-0.39, 0.29) is 11.8 Å². The highest BCUT2D eigenvalue weighted by atomic mass is 79.9. The molecule has 0 aromatic carbocycles. The summed E-state index contributed by atoms with van der Waals surface area (Å²) in [5.41, 5.74) is 0.596. The second kappa shape index (κ2) is 6.29. The molecule has 0 bridgehead atoms. The van der Waals surface area contributed by atoms with Gasteiger partial charge >= 0.3 is 0 Å². The maximum atomic E-state index is 10.8. The number of nitrogens with one attached hydrogen (secondary N) is 1. The van der Waals surface area contributed by atoms with Crippen molar-refractivity contribution in [1.82, 2.24) is 4.98 Å². The standard InChI is InChI=1S/C12H16BrN3O3/c1-8-10(16(17)18)7-15-12(11(8)13)14-6-9-4-2-3-5-19-9/h7,9H,2-6H2,1H3,(H,14,15). The predicted octanol–water partition coefficient (Wildman–Crippen LogP) is 3.04. The van der Waals surface area contributed by atoms with Gasteiger partial charge in [0.25, 0.3) is 5.69 Å². The third kappa shape index (κ3) is 3.42. The zero-order valence-electron chi connectivity index (χ0n) is 10.7. The quantitative estimate of drug-likeness (QED) is 0.678. The van der Waals surface area contributed by atoms with Crippen molar-refractivity contribution in [3.05, 3.63) is 26.3 Å². The van der Waals surface area contributed by atoms with E-state index in [0.717, 1.165) is 19.4 Å². The fourth-order valence-corrected chi connectivity index (χ4v) is 2.50. The molecular formula is C12H16BrN3O3. The lowest BCUT2D eigenvalue weighted by Gasteiger charge is -2.23. The largest absolute Gasteiger partial charge is 0.376 e. The monoisotopic (exact) mass is 329 g/mol. The van der Waals surface area contributed by atoms with Crippen LogP contribution >= 0.6 is 15.9 Å². The molecule has 2 rings (SSSR count). The number of anilines is 1. The molecule has 6 nitrogen and oxygen atoms in total. The summed E-state index contributed by atoms with van der Waals surface area (Å²) in [4.78, 5) is 14.5. The van der Waals surface area contributed by atoms with Crippen molar-refractivity contribution in [3.63, 3.8) is 0 Å². The number of rotatable bonds is 4. The summed E-state index contributed by atoms with van der Waals surface area (Å²) >= 11 is 3.35. The Hall–Kier alpha value is -1.21. The van der Waals surface area contributed by atoms with Crippen molar-refractivity contribution in [2.75, 3.05) is 18.5 Å². The normalized spacial score (nSPS) is 19.2. The summed E-state index contributed by atoms with van der Waals surface area (Å²) in [6, 6.07) is 0. The van der Waals surface area contributed by atoms with E-state index in [1.54, 1.807) is 6.92 Å². The van der Waals surface area contributed by atoms with Crippen molar-refractivity contribution in [3.8, 4) is 0 Å². The zero-order valence-corrected chi connectivity index (χ0v) is 12.3. The summed E-state index contributed by atoms with van der Waals surface area (Å²) < 4.78 is 6.25. The summed E-state index contributed by atoms with van der Waals surface area (Å²) in [6.07, 6.45) is 4.81. The average Bonchev–Trinajstić information content (AvgIpc) is 2.41. The van der Waals surface area contributed by atoms with E-state index < -0.39 is 4.92 Å². The summed E-state index contributed by atoms with van der Waals surface area (Å²) in [6.45, 7) is 3.18. The highest BCUT2D eigenvalue weighted by molar-refractivity contribution is 9.10. The Bertz CT molecular complexity index is 476. The van der Waals surface area contributed by atoms with Gasteiger partial charge in [0.05, 0.1) is 15.5 Å². The van der Waals surface area contributed by atoms with E-state index in [1.807, 2.05) is 0 Å². The molecule has 0 saturated carbocycles. The Morgan fingerprint density at radius 1 is 1.63 bits per heavy atom. The van der Waals surface area contributed by atoms with Crippen LogP contribution in [0.25, 0.3) is 0 Å². The first-order valence-electron chi connectivity index (χ1n) is 6.24. The van der Waals surface area contributed by atoms with E-state index in [1.165, 1.54) is 12.6 Å². The van der Waals surface area contributed by atoms with E-state index in [4.69, 9.17) is 4.74 Å². The van der Waals surface area contributed by atoms with Gasteiger partial charge in [0.1, 0.15) is 12.0 Å². The van der Waals surface area contributed by atoms with Crippen LogP contribution in [0.5, 0.6) is 0 Å². The summed E-state index contributed by atoms with van der Waals surface area (Å²) in [5, 5.41) is 14.0. The smallest absolute Gasteiger partial charge is 0.291 e. The number of hydrogen-bond donors (Lipinski definition) is 1. The second-order valence-corrected chi connectivity index (χ2v) is 5.35. The van der Waals surface area contributed by atoms with Crippen molar-refractivity contribution >= 4 is 27.4 Å². The molecule has 1 aromatic heterocycles. The molecule has 19 heavy (non-hydrogen) atoms. The number of pyridine rings is 1. The summed E-state index contributed by atoms with van der Waals surface area (Å²) in [5.74, 6) is 0.622. The van der Waals surface area contributed by atoms with Gasteiger partial charge in [-0.2, -0.15) is 0 Å². The fraction of sp³-hybridized carbons (Fsp3) is 0.583. The lowest BCUT2D eigenvalue weighted by Crippen LogP contribution is -2.27. The lowest BCUT2D eigenvalue weighted by atomic mass is 10.1. The zero-order chi connectivity index (χ0) is 13.8. The van der Waals surface area contributed by atoms with Crippen LogP contribution in [0, 0.1) is 17.0 Å². The molecule has 1 unspecified atom stereocenters. The Balaban J connectivity index is 2.04. The number of hydrogen-bond acceptors (Lipinski definition) is 5. The molecule has 1 saturated heterocycles. The Morgan fingerprint density at radius 2 is 2.42 bits per heavy atom. The van der Waals surface area contributed by atoms with Crippen LogP contribution in [-0.2, 0) is 4.74 Å². The molecule has 1 aliphatic rings. The molecular weight excluding hydrogens is 314 g/mol. The van der Waals surface area contributed by atoms with Crippen LogP contribution in [-0.4, -0.2) is 29.2 Å². The van der Waals surface area contributed by atoms with Gasteiger partial charge in [-0.25, -0.2) is 4.98 Å². The first kappa shape index (κ1) is 14.2. The van der Waals surface area contributed by atoms with E-state index in [0.29, 0.717) is 22.4 Å². The van der Waals surface area contributed by atoms with Gasteiger partial charge in [-0.1, -0.05) is 0 Å². The van der Waals surface area contributed by atoms with Crippen molar-refractivity contribution < 1.29 is 9.66 Å². The molecule has 7 heteroatoms. The molecule has 104 valence electrons. The highest BCUT2D eigenvalue weighted by Gasteiger charge is 2.18. The fourth-order valence-electron chi connectivity index (χ4n) is 2.06. The first-order chi connectivity index (χ1) is 9.09. The number of nitrogens with zero attached hydrogens (tertiary/aromatic N) is 2. The number of nitro groups is 1. The maximum absolute atomic E-state index is 10.8. The molecule has 1 atom stereocenters. The molecule has 1 aliphatic heterocycles. The van der Waals surface area contributed by atoms with Gasteiger partial charge in [-0.3, -0.25) is 10.1 Å².